The number of halogens is 2. The smallest absolute Gasteiger partial charge is 0.142 e. The zero-order valence-corrected chi connectivity index (χ0v) is 12.0. The summed E-state index contributed by atoms with van der Waals surface area (Å²) in [5, 5.41) is 4.50. The molecular weight excluding hydrogens is 265 g/mol. The van der Waals surface area contributed by atoms with Gasteiger partial charge in [0.1, 0.15) is 11.6 Å². The molecule has 0 fully saturated rings. The van der Waals surface area contributed by atoms with Crippen LogP contribution in [0.25, 0.3) is 11.3 Å². The summed E-state index contributed by atoms with van der Waals surface area (Å²) in [5.41, 5.74) is 8.42. The average molecular weight is 282 g/mol. The lowest BCUT2D eigenvalue weighted by atomic mass is 9.99. The van der Waals surface area contributed by atoms with Gasteiger partial charge in [-0.15, -0.1) is 0 Å². The van der Waals surface area contributed by atoms with E-state index in [1.807, 2.05) is 0 Å². The summed E-state index contributed by atoms with van der Waals surface area (Å²) in [6, 6.07) is 4.70. The fraction of sp³-hybridized carbons (Fsp3) is 0.357. The van der Waals surface area contributed by atoms with Gasteiger partial charge in [-0.1, -0.05) is 31.5 Å². The van der Waals surface area contributed by atoms with Crippen LogP contribution in [0, 0.1) is 11.7 Å². The number of benzene rings is 1. The number of hydrogen-bond donors (Lipinski definition) is 1. The van der Waals surface area contributed by atoms with Crippen LogP contribution in [-0.4, -0.2) is 9.78 Å². The molecule has 1 heterocycles. The second kappa shape index (κ2) is 5.21. The van der Waals surface area contributed by atoms with E-state index in [0.29, 0.717) is 17.3 Å². The molecule has 0 aliphatic rings. The standard InChI is InChI=1S/C14H17ClFN3/c1-8(2)6-10-13(18-19(3)14(10)17)9-4-5-11(15)12(16)7-9/h4-5,7-8H,6,17H2,1-3H3. The molecule has 0 aliphatic heterocycles. The number of hydrogen-bond acceptors (Lipinski definition) is 2. The van der Waals surface area contributed by atoms with Crippen molar-refractivity contribution in [3.05, 3.63) is 34.6 Å². The van der Waals surface area contributed by atoms with E-state index in [9.17, 15) is 4.39 Å². The molecule has 102 valence electrons. The second-order valence-corrected chi connectivity index (χ2v) is 5.47. The van der Waals surface area contributed by atoms with Gasteiger partial charge in [-0.3, -0.25) is 4.68 Å². The molecule has 5 heteroatoms. The monoisotopic (exact) mass is 281 g/mol. The molecule has 19 heavy (non-hydrogen) atoms. The van der Waals surface area contributed by atoms with Crippen molar-refractivity contribution in [1.29, 1.82) is 0 Å². The first-order chi connectivity index (χ1) is 8.90. The number of nitrogens with two attached hydrogens (primary N) is 1. The number of nitrogen functional groups attached to an aromatic ring is 1. The minimum absolute atomic E-state index is 0.109. The Kier molecular flexibility index (Phi) is 3.80. The lowest BCUT2D eigenvalue weighted by Gasteiger charge is -2.07. The predicted molar refractivity (Wildman–Crippen MR) is 76.6 cm³/mol. The molecule has 0 radical (unpaired) electrons. The zero-order valence-electron chi connectivity index (χ0n) is 11.2. The molecule has 0 bridgehead atoms. The highest BCUT2D eigenvalue weighted by atomic mass is 35.5. The molecule has 0 spiro atoms. The lowest BCUT2D eigenvalue weighted by molar-refractivity contribution is 0.628. The van der Waals surface area contributed by atoms with Crippen LogP contribution in [0.4, 0.5) is 10.2 Å². The SMILES string of the molecule is CC(C)Cc1c(-c2ccc(Cl)c(F)c2)nn(C)c1N. The Balaban J connectivity index is 2.54. The fourth-order valence-electron chi connectivity index (χ4n) is 2.07. The van der Waals surface area contributed by atoms with Crippen molar-refractivity contribution in [2.75, 3.05) is 5.73 Å². The highest BCUT2D eigenvalue weighted by molar-refractivity contribution is 6.30. The molecule has 1 aromatic carbocycles. The quantitative estimate of drug-likeness (QED) is 0.933. The van der Waals surface area contributed by atoms with Crippen molar-refractivity contribution in [3.63, 3.8) is 0 Å². The molecule has 0 aliphatic carbocycles. The molecule has 2 aromatic rings. The largest absolute Gasteiger partial charge is 0.384 e. The summed E-state index contributed by atoms with van der Waals surface area (Å²) in [7, 11) is 1.79. The summed E-state index contributed by atoms with van der Waals surface area (Å²) in [6.45, 7) is 4.22. The van der Waals surface area contributed by atoms with E-state index < -0.39 is 5.82 Å². The third kappa shape index (κ3) is 2.73. The van der Waals surface area contributed by atoms with Gasteiger partial charge < -0.3 is 5.73 Å². The van der Waals surface area contributed by atoms with Gasteiger partial charge in [0.05, 0.1) is 10.7 Å². The molecule has 1 aromatic heterocycles. The van der Waals surface area contributed by atoms with E-state index in [1.54, 1.807) is 17.8 Å². The first-order valence-electron chi connectivity index (χ1n) is 6.17. The molecule has 0 saturated heterocycles. The number of anilines is 1. The van der Waals surface area contributed by atoms with E-state index in [-0.39, 0.29) is 5.02 Å². The highest BCUT2D eigenvalue weighted by Crippen LogP contribution is 2.30. The zero-order chi connectivity index (χ0) is 14.2. The van der Waals surface area contributed by atoms with Gasteiger partial charge in [-0.05, 0) is 24.5 Å². The van der Waals surface area contributed by atoms with Gasteiger partial charge in [0.2, 0.25) is 0 Å². The lowest BCUT2D eigenvalue weighted by Crippen LogP contribution is -2.02. The molecule has 0 atom stereocenters. The van der Waals surface area contributed by atoms with Crippen LogP contribution in [0.1, 0.15) is 19.4 Å². The molecular formula is C14H17ClFN3. The third-order valence-corrected chi connectivity index (χ3v) is 3.31. The minimum atomic E-state index is -0.445. The van der Waals surface area contributed by atoms with Crippen LogP contribution in [0.3, 0.4) is 0 Å². The molecule has 0 unspecified atom stereocenters. The van der Waals surface area contributed by atoms with Crippen molar-refractivity contribution in [1.82, 2.24) is 9.78 Å². The topological polar surface area (TPSA) is 43.8 Å². The van der Waals surface area contributed by atoms with Crippen molar-refractivity contribution < 1.29 is 4.39 Å². The van der Waals surface area contributed by atoms with Crippen LogP contribution in [0.2, 0.25) is 5.02 Å². The average Bonchev–Trinajstić information content (AvgIpc) is 2.60. The number of rotatable bonds is 3. The third-order valence-electron chi connectivity index (χ3n) is 3.00. The predicted octanol–water partition coefficient (Wildman–Crippen LogP) is 3.66. The fourth-order valence-corrected chi connectivity index (χ4v) is 2.18. The number of aryl methyl sites for hydroxylation is 1. The summed E-state index contributed by atoms with van der Waals surface area (Å²) in [4.78, 5) is 0. The van der Waals surface area contributed by atoms with E-state index in [2.05, 4.69) is 18.9 Å². The normalized spacial score (nSPS) is 11.3. The summed E-state index contributed by atoms with van der Waals surface area (Å²) in [5.74, 6) is 0.625. The van der Waals surface area contributed by atoms with Crippen molar-refractivity contribution in [2.24, 2.45) is 13.0 Å². The maximum atomic E-state index is 13.6. The Morgan fingerprint density at radius 3 is 2.68 bits per heavy atom. The van der Waals surface area contributed by atoms with Gasteiger partial charge in [0.15, 0.2) is 0 Å². The Hall–Kier alpha value is -1.55. The van der Waals surface area contributed by atoms with Crippen LogP contribution in [-0.2, 0) is 13.5 Å². The maximum absolute atomic E-state index is 13.6. The Bertz CT molecular complexity index is 605. The summed E-state index contributed by atoms with van der Waals surface area (Å²) >= 11 is 5.70. The molecule has 2 N–H and O–H groups in total. The Morgan fingerprint density at radius 2 is 2.11 bits per heavy atom. The maximum Gasteiger partial charge on any atom is 0.142 e. The molecule has 0 amide bonds. The van der Waals surface area contributed by atoms with Gasteiger partial charge in [0, 0.05) is 18.2 Å². The second-order valence-electron chi connectivity index (χ2n) is 5.06. The number of nitrogens with zero attached hydrogens (tertiary/aromatic N) is 2. The first kappa shape index (κ1) is 13.9. The van der Waals surface area contributed by atoms with Gasteiger partial charge >= 0.3 is 0 Å². The summed E-state index contributed by atoms with van der Waals surface area (Å²) in [6.07, 6.45) is 0.805. The van der Waals surface area contributed by atoms with Crippen LogP contribution < -0.4 is 5.73 Å². The van der Waals surface area contributed by atoms with Crippen LogP contribution in [0.15, 0.2) is 18.2 Å². The van der Waals surface area contributed by atoms with Gasteiger partial charge in [-0.2, -0.15) is 5.10 Å². The van der Waals surface area contributed by atoms with E-state index in [0.717, 1.165) is 17.7 Å². The first-order valence-corrected chi connectivity index (χ1v) is 6.54. The van der Waals surface area contributed by atoms with E-state index in [1.165, 1.54) is 12.1 Å². The van der Waals surface area contributed by atoms with Crippen LogP contribution in [0.5, 0.6) is 0 Å². The molecule has 2 rings (SSSR count). The minimum Gasteiger partial charge on any atom is -0.384 e. The van der Waals surface area contributed by atoms with E-state index >= 15 is 0 Å². The highest BCUT2D eigenvalue weighted by Gasteiger charge is 2.17. The summed E-state index contributed by atoms with van der Waals surface area (Å²) < 4.78 is 15.2. The van der Waals surface area contributed by atoms with Crippen LogP contribution >= 0.6 is 11.6 Å². The van der Waals surface area contributed by atoms with Crippen molar-refractivity contribution in [2.45, 2.75) is 20.3 Å². The van der Waals surface area contributed by atoms with Crippen molar-refractivity contribution in [3.8, 4) is 11.3 Å². The van der Waals surface area contributed by atoms with Crippen molar-refractivity contribution >= 4 is 17.4 Å². The van der Waals surface area contributed by atoms with Gasteiger partial charge in [-0.25, -0.2) is 4.39 Å². The molecule has 3 nitrogen and oxygen atoms in total. The Morgan fingerprint density at radius 1 is 1.42 bits per heavy atom. The van der Waals surface area contributed by atoms with Gasteiger partial charge in [0.25, 0.3) is 0 Å². The van der Waals surface area contributed by atoms with E-state index in [4.69, 9.17) is 17.3 Å². The Labute approximate surface area is 117 Å². The molecule has 0 saturated carbocycles. The number of aromatic nitrogens is 2.